The van der Waals surface area contributed by atoms with Gasteiger partial charge in [0.2, 0.25) is 5.91 Å². The minimum atomic E-state index is 0.0979. The van der Waals surface area contributed by atoms with Gasteiger partial charge in [0.05, 0.1) is 6.54 Å². The van der Waals surface area contributed by atoms with E-state index in [0.29, 0.717) is 12.0 Å². The van der Waals surface area contributed by atoms with E-state index in [4.69, 9.17) is 0 Å². The zero-order chi connectivity index (χ0) is 11.0. The summed E-state index contributed by atoms with van der Waals surface area (Å²) in [5, 5.41) is 5.97. The molecule has 0 rings (SSSR count). The van der Waals surface area contributed by atoms with Crippen LogP contribution < -0.4 is 10.6 Å². The second-order valence-electron chi connectivity index (χ2n) is 4.84. The van der Waals surface area contributed by atoms with E-state index in [9.17, 15) is 4.79 Å². The van der Waals surface area contributed by atoms with Crippen LogP contribution in [0.1, 0.15) is 40.5 Å². The summed E-state index contributed by atoms with van der Waals surface area (Å²) in [6.45, 7) is 10.8. The first-order chi connectivity index (χ1) is 6.45. The fraction of sp³-hybridized carbons (Fsp3) is 0.909. The van der Waals surface area contributed by atoms with Crippen LogP contribution in [-0.2, 0) is 4.79 Å². The summed E-state index contributed by atoms with van der Waals surface area (Å²) in [6, 6.07) is 0. The van der Waals surface area contributed by atoms with E-state index in [-0.39, 0.29) is 5.91 Å². The number of carbonyl (C=O) groups excluding carboxylic acids is 1. The molecule has 1 amide bonds. The number of rotatable bonds is 6. The standard InChI is InChI=1S/C11H24N2O/c1-5-7-13-10(14)9-12-8-6-11(2,3)4/h12H,5-9H2,1-4H3,(H,13,14). The van der Waals surface area contributed by atoms with Gasteiger partial charge >= 0.3 is 0 Å². The number of carbonyl (C=O) groups is 1. The Morgan fingerprint density at radius 2 is 1.86 bits per heavy atom. The Kier molecular flexibility index (Phi) is 6.54. The fourth-order valence-corrected chi connectivity index (χ4v) is 0.992. The van der Waals surface area contributed by atoms with Gasteiger partial charge in [-0.05, 0) is 24.8 Å². The third-order valence-corrected chi connectivity index (χ3v) is 1.91. The highest BCUT2D eigenvalue weighted by Gasteiger charge is 2.09. The van der Waals surface area contributed by atoms with Crippen LogP contribution in [0.25, 0.3) is 0 Å². The molecule has 0 bridgehead atoms. The van der Waals surface area contributed by atoms with Crippen molar-refractivity contribution in [1.82, 2.24) is 10.6 Å². The molecule has 0 aliphatic heterocycles. The lowest BCUT2D eigenvalue weighted by atomic mass is 9.92. The molecule has 0 aromatic rings. The molecule has 0 unspecified atom stereocenters. The number of hydrogen-bond donors (Lipinski definition) is 2. The van der Waals surface area contributed by atoms with Crippen molar-refractivity contribution in [3.63, 3.8) is 0 Å². The van der Waals surface area contributed by atoms with Gasteiger partial charge in [-0.1, -0.05) is 27.7 Å². The van der Waals surface area contributed by atoms with Crippen LogP contribution in [0.2, 0.25) is 0 Å². The molecule has 0 heterocycles. The van der Waals surface area contributed by atoms with Crippen LogP contribution in [-0.4, -0.2) is 25.5 Å². The molecule has 0 fully saturated rings. The van der Waals surface area contributed by atoms with Gasteiger partial charge in [-0.25, -0.2) is 0 Å². The van der Waals surface area contributed by atoms with Gasteiger partial charge < -0.3 is 10.6 Å². The van der Waals surface area contributed by atoms with Crippen molar-refractivity contribution in [1.29, 1.82) is 0 Å². The minimum absolute atomic E-state index is 0.0979. The van der Waals surface area contributed by atoms with Crippen LogP contribution in [0.5, 0.6) is 0 Å². The van der Waals surface area contributed by atoms with Crippen molar-refractivity contribution >= 4 is 5.91 Å². The molecule has 84 valence electrons. The number of nitrogens with one attached hydrogen (secondary N) is 2. The predicted molar refractivity (Wildman–Crippen MR) is 60.2 cm³/mol. The van der Waals surface area contributed by atoms with Crippen molar-refractivity contribution < 1.29 is 4.79 Å². The Hall–Kier alpha value is -0.570. The molecule has 0 aromatic heterocycles. The Balaban J connectivity index is 3.32. The van der Waals surface area contributed by atoms with E-state index in [0.717, 1.165) is 25.9 Å². The number of hydrogen-bond acceptors (Lipinski definition) is 2. The van der Waals surface area contributed by atoms with Gasteiger partial charge in [-0.2, -0.15) is 0 Å². The summed E-state index contributed by atoms with van der Waals surface area (Å²) in [5.41, 5.74) is 0.340. The van der Waals surface area contributed by atoms with Gasteiger partial charge in [0.1, 0.15) is 0 Å². The second kappa shape index (κ2) is 6.82. The Morgan fingerprint density at radius 3 is 2.36 bits per heavy atom. The maximum Gasteiger partial charge on any atom is 0.233 e. The summed E-state index contributed by atoms with van der Waals surface area (Å²) >= 11 is 0. The number of amides is 1. The van der Waals surface area contributed by atoms with Crippen LogP contribution in [0.4, 0.5) is 0 Å². The molecule has 0 aliphatic rings. The molecule has 0 spiro atoms. The maximum atomic E-state index is 11.2. The van der Waals surface area contributed by atoms with Crippen LogP contribution in [0.15, 0.2) is 0 Å². The predicted octanol–water partition coefficient (Wildman–Crippen LogP) is 1.54. The van der Waals surface area contributed by atoms with Crippen molar-refractivity contribution in [2.45, 2.75) is 40.5 Å². The summed E-state index contributed by atoms with van der Waals surface area (Å²) in [4.78, 5) is 11.2. The third kappa shape index (κ3) is 9.52. The minimum Gasteiger partial charge on any atom is -0.355 e. The van der Waals surface area contributed by atoms with E-state index in [1.807, 2.05) is 6.92 Å². The van der Waals surface area contributed by atoms with Gasteiger partial charge in [-0.3, -0.25) is 4.79 Å². The van der Waals surface area contributed by atoms with Gasteiger partial charge in [-0.15, -0.1) is 0 Å². The Morgan fingerprint density at radius 1 is 1.21 bits per heavy atom. The highest BCUT2D eigenvalue weighted by molar-refractivity contribution is 5.77. The summed E-state index contributed by atoms with van der Waals surface area (Å²) < 4.78 is 0. The summed E-state index contributed by atoms with van der Waals surface area (Å²) in [7, 11) is 0. The SMILES string of the molecule is CCCNC(=O)CNCCC(C)(C)C. The molecule has 0 atom stereocenters. The van der Waals surface area contributed by atoms with Crippen LogP contribution in [0, 0.1) is 5.41 Å². The monoisotopic (exact) mass is 200 g/mol. The normalized spacial score (nSPS) is 11.4. The van der Waals surface area contributed by atoms with E-state index in [1.54, 1.807) is 0 Å². The zero-order valence-electron chi connectivity index (χ0n) is 9.94. The molecular formula is C11H24N2O. The summed E-state index contributed by atoms with van der Waals surface area (Å²) in [6.07, 6.45) is 2.09. The average molecular weight is 200 g/mol. The molecule has 0 aliphatic carbocycles. The third-order valence-electron chi connectivity index (χ3n) is 1.91. The van der Waals surface area contributed by atoms with Gasteiger partial charge in [0, 0.05) is 6.54 Å². The topological polar surface area (TPSA) is 41.1 Å². The van der Waals surface area contributed by atoms with Crippen LogP contribution >= 0.6 is 0 Å². The van der Waals surface area contributed by atoms with Crippen molar-refractivity contribution in [3.05, 3.63) is 0 Å². The highest BCUT2D eigenvalue weighted by Crippen LogP contribution is 2.16. The van der Waals surface area contributed by atoms with Crippen molar-refractivity contribution in [2.75, 3.05) is 19.6 Å². The molecule has 0 aromatic carbocycles. The molecular weight excluding hydrogens is 176 g/mol. The maximum absolute atomic E-state index is 11.2. The molecule has 0 radical (unpaired) electrons. The summed E-state index contributed by atoms with van der Waals surface area (Å²) in [5.74, 6) is 0.0979. The molecule has 0 saturated carbocycles. The Bertz CT molecular complexity index is 161. The first kappa shape index (κ1) is 13.4. The zero-order valence-corrected chi connectivity index (χ0v) is 9.94. The lowest BCUT2D eigenvalue weighted by molar-refractivity contribution is -0.120. The smallest absolute Gasteiger partial charge is 0.233 e. The van der Waals surface area contributed by atoms with E-state index in [2.05, 4.69) is 31.4 Å². The Labute approximate surface area is 87.6 Å². The molecule has 3 heteroatoms. The quantitative estimate of drug-likeness (QED) is 0.639. The molecule has 2 N–H and O–H groups in total. The van der Waals surface area contributed by atoms with Gasteiger partial charge in [0.25, 0.3) is 0 Å². The molecule has 3 nitrogen and oxygen atoms in total. The average Bonchev–Trinajstić information content (AvgIpc) is 2.07. The first-order valence-corrected chi connectivity index (χ1v) is 5.43. The van der Waals surface area contributed by atoms with E-state index < -0.39 is 0 Å². The van der Waals surface area contributed by atoms with Gasteiger partial charge in [0.15, 0.2) is 0 Å². The lowest BCUT2D eigenvalue weighted by Gasteiger charge is -2.17. The van der Waals surface area contributed by atoms with Crippen molar-refractivity contribution in [2.24, 2.45) is 5.41 Å². The van der Waals surface area contributed by atoms with E-state index >= 15 is 0 Å². The molecule has 0 saturated heterocycles. The highest BCUT2D eigenvalue weighted by atomic mass is 16.1. The largest absolute Gasteiger partial charge is 0.355 e. The van der Waals surface area contributed by atoms with E-state index in [1.165, 1.54) is 0 Å². The molecule has 14 heavy (non-hydrogen) atoms. The van der Waals surface area contributed by atoms with Crippen LogP contribution in [0.3, 0.4) is 0 Å². The lowest BCUT2D eigenvalue weighted by Crippen LogP contribution is -2.35. The fourth-order valence-electron chi connectivity index (χ4n) is 0.992. The first-order valence-electron chi connectivity index (χ1n) is 5.43. The van der Waals surface area contributed by atoms with Crippen molar-refractivity contribution in [3.8, 4) is 0 Å². The second-order valence-corrected chi connectivity index (χ2v) is 4.84.